The van der Waals surface area contributed by atoms with Crippen LogP contribution in [0.4, 0.5) is 0 Å². The lowest BCUT2D eigenvalue weighted by molar-refractivity contribution is -0.164. The van der Waals surface area contributed by atoms with Gasteiger partial charge in [0, 0.05) is 12.7 Å². The van der Waals surface area contributed by atoms with Gasteiger partial charge < -0.3 is 14.6 Å². The van der Waals surface area contributed by atoms with E-state index in [0.717, 1.165) is 38.5 Å². The number of methoxy groups -OCH3 is 1. The average Bonchev–Trinajstić information content (AvgIpc) is 2.94. The van der Waals surface area contributed by atoms with Crippen LogP contribution < -0.4 is 0 Å². The number of carboxylic acid groups (broad SMARTS) is 1. The SMILES string of the molecule is C=C1CC[C@@H]2[C@](C)(CCC[C@]2(C)C(=O)O)[C@@H]1CCC1=CC(OC)OC1=O. The number of ether oxygens (including phenoxy) is 2. The van der Waals surface area contributed by atoms with Crippen molar-refractivity contribution in [1.29, 1.82) is 0 Å². The van der Waals surface area contributed by atoms with E-state index in [1.165, 1.54) is 12.7 Å². The van der Waals surface area contributed by atoms with Crippen LogP contribution in [0, 0.1) is 22.7 Å². The van der Waals surface area contributed by atoms with Crippen molar-refractivity contribution in [3.63, 3.8) is 0 Å². The smallest absolute Gasteiger partial charge is 0.336 e. The standard InChI is InChI=1S/C21H30O5/c1-13-6-9-16-20(2,10-5-11-21(16,3)19(23)24)15(13)8-7-14-12-17(25-4)26-18(14)22/h12,15-17H,1,5-11H2,2-4H3,(H,23,24)/t15-,16-,17?,20-,21+/m1/s1. The van der Waals surface area contributed by atoms with Crippen LogP contribution in [0.2, 0.25) is 0 Å². The van der Waals surface area contributed by atoms with E-state index in [4.69, 9.17) is 9.47 Å². The molecule has 1 aliphatic heterocycles. The molecule has 0 aromatic rings. The maximum absolute atomic E-state index is 12.0. The molecular formula is C21H30O5. The summed E-state index contributed by atoms with van der Waals surface area (Å²) in [5.74, 6) is -0.604. The van der Waals surface area contributed by atoms with Crippen LogP contribution in [0.15, 0.2) is 23.8 Å². The van der Waals surface area contributed by atoms with Crippen LogP contribution in [0.5, 0.6) is 0 Å². The summed E-state index contributed by atoms with van der Waals surface area (Å²) in [5.41, 5.74) is 1.11. The third kappa shape index (κ3) is 3.00. The molecule has 0 radical (unpaired) electrons. The highest BCUT2D eigenvalue weighted by molar-refractivity contribution is 5.90. The number of rotatable bonds is 5. The summed E-state index contributed by atoms with van der Waals surface area (Å²) in [6.45, 7) is 8.47. The van der Waals surface area contributed by atoms with Gasteiger partial charge in [0.2, 0.25) is 6.29 Å². The van der Waals surface area contributed by atoms with Crippen molar-refractivity contribution in [2.45, 2.75) is 65.1 Å². The number of carboxylic acids is 1. The van der Waals surface area contributed by atoms with Crippen LogP contribution in [-0.4, -0.2) is 30.4 Å². The molecule has 5 atom stereocenters. The summed E-state index contributed by atoms with van der Waals surface area (Å²) >= 11 is 0. The Labute approximate surface area is 155 Å². The summed E-state index contributed by atoms with van der Waals surface area (Å²) in [7, 11) is 1.51. The first-order valence-electron chi connectivity index (χ1n) is 9.58. The van der Waals surface area contributed by atoms with Crippen molar-refractivity contribution in [3.05, 3.63) is 23.8 Å². The van der Waals surface area contributed by atoms with Crippen LogP contribution >= 0.6 is 0 Å². The second-order valence-corrected chi connectivity index (χ2v) is 8.62. The molecule has 3 rings (SSSR count). The Morgan fingerprint density at radius 2 is 2.15 bits per heavy atom. The second-order valence-electron chi connectivity index (χ2n) is 8.62. The molecule has 2 saturated carbocycles. The Morgan fingerprint density at radius 3 is 2.77 bits per heavy atom. The van der Waals surface area contributed by atoms with Gasteiger partial charge in [-0.25, -0.2) is 4.79 Å². The first-order valence-corrected chi connectivity index (χ1v) is 9.58. The monoisotopic (exact) mass is 362 g/mol. The molecule has 0 spiro atoms. The van der Waals surface area contributed by atoms with Crippen LogP contribution in [0.25, 0.3) is 0 Å². The van der Waals surface area contributed by atoms with E-state index in [1.807, 2.05) is 6.92 Å². The minimum absolute atomic E-state index is 0.0789. The summed E-state index contributed by atoms with van der Waals surface area (Å²) < 4.78 is 10.2. The first kappa shape index (κ1) is 19.2. The largest absolute Gasteiger partial charge is 0.481 e. The van der Waals surface area contributed by atoms with Gasteiger partial charge in [-0.2, -0.15) is 0 Å². The highest BCUT2D eigenvalue weighted by atomic mass is 16.7. The fraction of sp³-hybridized carbons (Fsp3) is 0.714. The number of allylic oxidation sites excluding steroid dienone is 1. The van der Waals surface area contributed by atoms with Crippen molar-refractivity contribution < 1.29 is 24.2 Å². The number of hydrogen-bond acceptors (Lipinski definition) is 4. The van der Waals surface area contributed by atoms with E-state index in [2.05, 4.69) is 13.5 Å². The Bertz CT molecular complexity index is 651. The van der Waals surface area contributed by atoms with Crippen LogP contribution in [0.3, 0.4) is 0 Å². The minimum Gasteiger partial charge on any atom is -0.481 e. The first-order chi connectivity index (χ1) is 12.2. The fourth-order valence-corrected chi connectivity index (χ4v) is 5.79. The molecule has 5 nitrogen and oxygen atoms in total. The van der Waals surface area contributed by atoms with Crippen molar-refractivity contribution in [3.8, 4) is 0 Å². The van der Waals surface area contributed by atoms with Gasteiger partial charge >= 0.3 is 11.9 Å². The van der Waals surface area contributed by atoms with Gasteiger partial charge in [0.25, 0.3) is 0 Å². The molecule has 1 heterocycles. The van der Waals surface area contributed by atoms with Crippen molar-refractivity contribution in [2.75, 3.05) is 7.11 Å². The average molecular weight is 362 g/mol. The molecule has 0 bridgehead atoms. The van der Waals surface area contributed by atoms with Gasteiger partial charge in [0.15, 0.2) is 0 Å². The lowest BCUT2D eigenvalue weighted by Gasteiger charge is -2.57. The zero-order valence-electron chi connectivity index (χ0n) is 16.0. The molecular weight excluding hydrogens is 332 g/mol. The molecule has 2 fully saturated rings. The Morgan fingerprint density at radius 1 is 1.42 bits per heavy atom. The maximum Gasteiger partial charge on any atom is 0.336 e. The molecule has 0 aromatic heterocycles. The Kier molecular flexibility index (Phi) is 5.04. The fourth-order valence-electron chi connectivity index (χ4n) is 5.79. The van der Waals surface area contributed by atoms with Crippen molar-refractivity contribution in [2.24, 2.45) is 22.7 Å². The van der Waals surface area contributed by atoms with E-state index in [-0.39, 0.29) is 23.2 Å². The lowest BCUT2D eigenvalue weighted by Crippen LogP contribution is -2.53. The van der Waals surface area contributed by atoms with Crippen molar-refractivity contribution in [1.82, 2.24) is 0 Å². The van der Waals surface area contributed by atoms with E-state index in [1.54, 1.807) is 6.08 Å². The van der Waals surface area contributed by atoms with Gasteiger partial charge in [-0.15, -0.1) is 0 Å². The zero-order valence-corrected chi connectivity index (χ0v) is 16.0. The molecule has 1 N–H and O–H groups in total. The maximum atomic E-state index is 12.0. The topological polar surface area (TPSA) is 72.8 Å². The molecule has 5 heteroatoms. The van der Waals surface area contributed by atoms with Crippen molar-refractivity contribution >= 4 is 11.9 Å². The van der Waals surface area contributed by atoms with E-state index in [9.17, 15) is 14.7 Å². The number of carbonyl (C=O) groups is 2. The zero-order chi connectivity index (χ0) is 19.1. The second kappa shape index (κ2) is 6.84. The molecule has 26 heavy (non-hydrogen) atoms. The number of cyclic esters (lactones) is 1. The summed E-state index contributed by atoms with van der Waals surface area (Å²) in [6, 6.07) is 0. The number of esters is 1. The molecule has 144 valence electrons. The summed E-state index contributed by atoms with van der Waals surface area (Å²) in [4.78, 5) is 24.0. The quantitative estimate of drug-likeness (QED) is 0.589. The number of carbonyl (C=O) groups excluding carboxylic acids is 1. The van der Waals surface area contributed by atoms with Gasteiger partial charge in [0.05, 0.1) is 5.41 Å². The van der Waals surface area contributed by atoms with E-state index < -0.39 is 17.7 Å². The third-order valence-corrected chi connectivity index (χ3v) is 7.27. The number of hydrogen-bond donors (Lipinski definition) is 1. The number of fused-ring (bicyclic) bond motifs is 1. The third-order valence-electron chi connectivity index (χ3n) is 7.27. The molecule has 2 aliphatic carbocycles. The van der Waals surface area contributed by atoms with Crippen LogP contribution in [-0.2, 0) is 19.1 Å². The molecule has 0 amide bonds. The van der Waals surface area contributed by atoms with Crippen LogP contribution in [0.1, 0.15) is 58.8 Å². The minimum atomic E-state index is -0.676. The molecule has 1 unspecified atom stereocenters. The van der Waals surface area contributed by atoms with Gasteiger partial charge in [-0.3, -0.25) is 4.79 Å². The lowest BCUT2D eigenvalue weighted by atomic mass is 9.46. The Balaban J connectivity index is 1.81. The molecule has 0 aromatic carbocycles. The summed E-state index contributed by atoms with van der Waals surface area (Å²) in [5, 5.41) is 9.89. The number of aliphatic carboxylic acids is 1. The van der Waals surface area contributed by atoms with Gasteiger partial charge in [0.1, 0.15) is 0 Å². The normalized spacial score (nSPS) is 40.0. The Hall–Kier alpha value is -1.62. The summed E-state index contributed by atoms with van der Waals surface area (Å²) in [6.07, 6.45) is 7.05. The predicted octanol–water partition coefficient (Wildman–Crippen LogP) is 4.09. The highest BCUT2D eigenvalue weighted by Gasteiger charge is 2.57. The van der Waals surface area contributed by atoms with Gasteiger partial charge in [-0.1, -0.05) is 25.5 Å². The van der Waals surface area contributed by atoms with E-state index >= 15 is 0 Å². The molecule has 0 saturated heterocycles. The molecule has 3 aliphatic rings. The van der Waals surface area contributed by atoms with E-state index in [0.29, 0.717) is 12.0 Å². The van der Waals surface area contributed by atoms with Gasteiger partial charge in [-0.05, 0) is 68.8 Å². The highest BCUT2D eigenvalue weighted by Crippen LogP contribution is 2.62. The predicted molar refractivity (Wildman–Crippen MR) is 97.3 cm³/mol.